The van der Waals surface area contributed by atoms with Gasteiger partial charge in [0.1, 0.15) is 0 Å². The van der Waals surface area contributed by atoms with E-state index in [1.54, 1.807) is 0 Å². The van der Waals surface area contributed by atoms with Gasteiger partial charge in [0.05, 0.1) is 9.48 Å². The van der Waals surface area contributed by atoms with Crippen LogP contribution in [-0.4, -0.2) is 4.98 Å². The summed E-state index contributed by atoms with van der Waals surface area (Å²) >= 11 is 4.98. The van der Waals surface area contributed by atoms with Crippen LogP contribution in [0.4, 0.5) is 5.13 Å². The average Bonchev–Trinajstić information content (AvgIpc) is 2.56. The first-order chi connectivity index (χ1) is 7.66. The molecular formula is C12H13BrN2S. The summed E-state index contributed by atoms with van der Waals surface area (Å²) < 4.78 is 1.05. The molecule has 0 saturated heterocycles. The number of benzene rings is 1. The maximum Gasteiger partial charge on any atom is 0.181 e. The van der Waals surface area contributed by atoms with Crippen LogP contribution in [0.3, 0.4) is 0 Å². The van der Waals surface area contributed by atoms with Gasteiger partial charge in [-0.3, -0.25) is 0 Å². The molecule has 0 fully saturated rings. The van der Waals surface area contributed by atoms with Crippen LogP contribution in [0.1, 0.15) is 16.8 Å². The number of nitrogens with zero attached hydrogens (tertiary/aromatic N) is 1. The van der Waals surface area contributed by atoms with Gasteiger partial charge in [0.2, 0.25) is 0 Å². The van der Waals surface area contributed by atoms with Crippen LogP contribution in [0.25, 0.3) is 0 Å². The van der Waals surface area contributed by atoms with Crippen molar-refractivity contribution >= 4 is 32.4 Å². The molecule has 84 valence electrons. The number of anilines is 1. The van der Waals surface area contributed by atoms with E-state index in [0.29, 0.717) is 5.13 Å². The van der Waals surface area contributed by atoms with Crippen LogP contribution in [0, 0.1) is 6.92 Å². The van der Waals surface area contributed by atoms with Crippen LogP contribution in [0.2, 0.25) is 0 Å². The molecule has 2 aromatic rings. The predicted molar refractivity (Wildman–Crippen MR) is 72.8 cm³/mol. The van der Waals surface area contributed by atoms with Crippen LogP contribution >= 0.6 is 27.3 Å². The number of thiazole rings is 1. The van der Waals surface area contributed by atoms with Crippen LogP contribution in [-0.2, 0) is 12.8 Å². The van der Waals surface area contributed by atoms with Crippen molar-refractivity contribution in [3.8, 4) is 0 Å². The minimum atomic E-state index is 0.631. The summed E-state index contributed by atoms with van der Waals surface area (Å²) in [5, 5.41) is 0.631. The Kier molecular flexibility index (Phi) is 3.61. The molecule has 2 rings (SSSR count). The van der Waals surface area contributed by atoms with Gasteiger partial charge >= 0.3 is 0 Å². The van der Waals surface area contributed by atoms with Crippen molar-refractivity contribution in [3.63, 3.8) is 0 Å². The summed E-state index contributed by atoms with van der Waals surface area (Å²) in [7, 11) is 0. The fourth-order valence-corrected chi connectivity index (χ4v) is 3.04. The third-order valence-electron chi connectivity index (χ3n) is 2.56. The molecule has 0 aliphatic carbocycles. The first kappa shape index (κ1) is 11.6. The number of rotatable bonds is 3. The van der Waals surface area contributed by atoms with Gasteiger partial charge in [-0.25, -0.2) is 4.98 Å². The zero-order valence-electron chi connectivity index (χ0n) is 9.03. The SMILES string of the molecule is Cc1ccccc1CCc1nc(N)sc1Br. The van der Waals surface area contributed by atoms with E-state index in [0.717, 1.165) is 22.3 Å². The van der Waals surface area contributed by atoms with E-state index < -0.39 is 0 Å². The molecule has 0 radical (unpaired) electrons. The third kappa shape index (κ3) is 2.62. The second kappa shape index (κ2) is 4.97. The van der Waals surface area contributed by atoms with Crippen LogP contribution < -0.4 is 5.73 Å². The molecule has 4 heteroatoms. The fourth-order valence-electron chi connectivity index (χ4n) is 1.65. The Hall–Kier alpha value is -0.870. The Labute approximate surface area is 108 Å². The van der Waals surface area contributed by atoms with Crippen molar-refractivity contribution in [2.45, 2.75) is 19.8 Å². The summed E-state index contributed by atoms with van der Waals surface area (Å²) in [5.41, 5.74) is 9.43. The first-order valence-corrected chi connectivity index (χ1v) is 6.73. The van der Waals surface area contributed by atoms with Gasteiger partial charge in [-0.05, 0) is 46.8 Å². The van der Waals surface area contributed by atoms with Crippen molar-refractivity contribution in [1.29, 1.82) is 0 Å². The number of nitrogens with two attached hydrogens (primary N) is 1. The molecule has 1 heterocycles. The number of aromatic nitrogens is 1. The predicted octanol–water partition coefficient (Wildman–Crippen LogP) is 3.58. The molecule has 0 saturated carbocycles. The van der Waals surface area contributed by atoms with Crippen LogP contribution in [0.5, 0.6) is 0 Å². The van der Waals surface area contributed by atoms with Gasteiger partial charge in [0, 0.05) is 0 Å². The monoisotopic (exact) mass is 296 g/mol. The van der Waals surface area contributed by atoms with E-state index in [-0.39, 0.29) is 0 Å². The molecule has 0 bridgehead atoms. The summed E-state index contributed by atoms with van der Waals surface area (Å²) in [4.78, 5) is 4.30. The highest BCUT2D eigenvalue weighted by atomic mass is 79.9. The lowest BCUT2D eigenvalue weighted by atomic mass is 10.0. The zero-order valence-corrected chi connectivity index (χ0v) is 11.4. The number of aryl methyl sites for hydroxylation is 3. The lowest BCUT2D eigenvalue weighted by Crippen LogP contribution is -1.95. The lowest BCUT2D eigenvalue weighted by molar-refractivity contribution is 0.914. The topological polar surface area (TPSA) is 38.9 Å². The lowest BCUT2D eigenvalue weighted by Gasteiger charge is -2.03. The number of halogens is 1. The Bertz CT molecular complexity index is 494. The Morgan fingerprint density at radius 2 is 2.06 bits per heavy atom. The fraction of sp³-hybridized carbons (Fsp3) is 0.250. The molecule has 16 heavy (non-hydrogen) atoms. The minimum absolute atomic E-state index is 0.631. The molecule has 0 aliphatic heterocycles. The highest BCUT2D eigenvalue weighted by molar-refractivity contribution is 9.11. The summed E-state index contributed by atoms with van der Waals surface area (Å²) in [6, 6.07) is 8.45. The molecule has 0 amide bonds. The Morgan fingerprint density at radius 3 is 2.69 bits per heavy atom. The first-order valence-electron chi connectivity index (χ1n) is 5.12. The van der Waals surface area contributed by atoms with Crippen molar-refractivity contribution in [2.75, 3.05) is 5.73 Å². The van der Waals surface area contributed by atoms with Crippen LogP contribution in [0.15, 0.2) is 28.1 Å². The van der Waals surface area contributed by atoms with Gasteiger partial charge in [-0.1, -0.05) is 35.6 Å². The average molecular weight is 297 g/mol. The molecular weight excluding hydrogens is 284 g/mol. The van der Waals surface area contributed by atoms with Gasteiger partial charge in [0.15, 0.2) is 5.13 Å². The molecule has 2 nitrogen and oxygen atoms in total. The van der Waals surface area contributed by atoms with Gasteiger partial charge in [-0.2, -0.15) is 0 Å². The number of hydrogen-bond acceptors (Lipinski definition) is 3. The van der Waals surface area contributed by atoms with Gasteiger partial charge in [0.25, 0.3) is 0 Å². The Balaban J connectivity index is 2.08. The standard InChI is InChI=1S/C12H13BrN2S/c1-8-4-2-3-5-9(8)6-7-10-11(13)16-12(14)15-10/h2-5H,6-7H2,1H3,(H2,14,15). The van der Waals surface area contributed by atoms with E-state index in [1.807, 2.05) is 0 Å². The minimum Gasteiger partial charge on any atom is -0.375 e. The van der Waals surface area contributed by atoms with E-state index >= 15 is 0 Å². The summed E-state index contributed by atoms with van der Waals surface area (Å²) in [5.74, 6) is 0. The Morgan fingerprint density at radius 1 is 1.31 bits per heavy atom. The van der Waals surface area contributed by atoms with E-state index in [4.69, 9.17) is 5.73 Å². The van der Waals surface area contributed by atoms with Crippen molar-refractivity contribution < 1.29 is 0 Å². The molecule has 1 aromatic heterocycles. The number of nitrogen functional groups attached to an aromatic ring is 1. The highest BCUT2D eigenvalue weighted by Gasteiger charge is 2.07. The van der Waals surface area contributed by atoms with E-state index in [1.165, 1.54) is 22.5 Å². The largest absolute Gasteiger partial charge is 0.375 e. The normalized spacial score (nSPS) is 10.6. The third-order valence-corrected chi connectivity index (χ3v) is 4.22. The smallest absolute Gasteiger partial charge is 0.181 e. The molecule has 2 N–H and O–H groups in total. The highest BCUT2D eigenvalue weighted by Crippen LogP contribution is 2.27. The second-order valence-electron chi connectivity index (χ2n) is 3.70. The second-order valence-corrected chi connectivity index (χ2v) is 6.05. The molecule has 1 aromatic carbocycles. The quantitative estimate of drug-likeness (QED) is 0.940. The molecule has 0 spiro atoms. The van der Waals surface area contributed by atoms with Gasteiger partial charge in [-0.15, -0.1) is 0 Å². The van der Waals surface area contributed by atoms with E-state index in [2.05, 4.69) is 52.1 Å². The maximum absolute atomic E-state index is 5.66. The zero-order chi connectivity index (χ0) is 11.5. The van der Waals surface area contributed by atoms with Gasteiger partial charge < -0.3 is 5.73 Å². The molecule has 0 aliphatic rings. The van der Waals surface area contributed by atoms with E-state index in [9.17, 15) is 0 Å². The molecule has 0 atom stereocenters. The molecule has 0 unspecified atom stereocenters. The maximum atomic E-state index is 5.66. The van der Waals surface area contributed by atoms with Crippen molar-refractivity contribution in [2.24, 2.45) is 0 Å². The summed E-state index contributed by atoms with van der Waals surface area (Å²) in [6.07, 6.45) is 1.94. The summed E-state index contributed by atoms with van der Waals surface area (Å²) in [6.45, 7) is 2.14. The van der Waals surface area contributed by atoms with Crippen molar-refractivity contribution in [1.82, 2.24) is 4.98 Å². The number of hydrogen-bond donors (Lipinski definition) is 1. The van der Waals surface area contributed by atoms with Crippen molar-refractivity contribution in [3.05, 3.63) is 44.9 Å².